The average Bonchev–Trinajstić information content (AvgIpc) is 3.36. The third kappa shape index (κ3) is 3.38. The fraction of sp³-hybridized carbons (Fsp3) is 0.250. The maximum Gasteiger partial charge on any atom is 0.268 e. The van der Waals surface area contributed by atoms with Crippen molar-refractivity contribution in [1.82, 2.24) is 9.78 Å². The fourth-order valence-corrected chi connectivity index (χ4v) is 4.06. The number of anilines is 2. The number of benzene rings is 1. The molecule has 2 aromatic heterocycles. The van der Waals surface area contributed by atoms with E-state index in [0.29, 0.717) is 17.8 Å². The molecule has 1 aromatic carbocycles. The summed E-state index contributed by atoms with van der Waals surface area (Å²) in [5.41, 5.74) is 3.01. The Bertz CT molecular complexity index is 1030. The number of carbonyl (C=O) groups is 2. The summed E-state index contributed by atoms with van der Waals surface area (Å²) in [6.07, 6.45) is 3.37. The molecule has 4 rings (SSSR count). The van der Waals surface area contributed by atoms with Gasteiger partial charge >= 0.3 is 0 Å². The maximum absolute atomic E-state index is 12.8. The summed E-state index contributed by atoms with van der Waals surface area (Å²) in [7, 11) is 3.22. The van der Waals surface area contributed by atoms with Gasteiger partial charge in [-0.25, -0.2) is 0 Å². The lowest BCUT2D eigenvalue weighted by Crippen LogP contribution is -2.35. The average molecular weight is 396 g/mol. The molecule has 1 aliphatic heterocycles. The van der Waals surface area contributed by atoms with Crippen LogP contribution >= 0.6 is 11.3 Å². The number of fused-ring (bicyclic) bond motifs is 1. The molecule has 1 aliphatic rings. The SMILES string of the molecule is COc1nn(C)cc1C(=O)Nc1ccc2c(c1)CCCN2C(=O)c1cccs1. The summed E-state index contributed by atoms with van der Waals surface area (Å²) < 4.78 is 6.69. The van der Waals surface area contributed by atoms with Gasteiger partial charge in [-0.1, -0.05) is 6.07 Å². The van der Waals surface area contributed by atoms with Gasteiger partial charge in [0.05, 0.1) is 12.0 Å². The highest BCUT2D eigenvalue weighted by Gasteiger charge is 2.25. The summed E-state index contributed by atoms with van der Waals surface area (Å²) in [6.45, 7) is 0.697. The molecule has 0 spiro atoms. The Morgan fingerprint density at radius 1 is 1.29 bits per heavy atom. The van der Waals surface area contributed by atoms with Gasteiger partial charge in [-0.05, 0) is 48.1 Å². The van der Waals surface area contributed by atoms with Crippen LogP contribution in [0.15, 0.2) is 41.9 Å². The Morgan fingerprint density at radius 2 is 2.14 bits per heavy atom. The van der Waals surface area contributed by atoms with Crippen molar-refractivity contribution >= 4 is 34.5 Å². The minimum Gasteiger partial charge on any atom is -0.479 e. The Balaban J connectivity index is 1.57. The number of nitrogens with one attached hydrogen (secondary N) is 1. The van der Waals surface area contributed by atoms with E-state index in [9.17, 15) is 9.59 Å². The van der Waals surface area contributed by atoms with Crippen molar-refractivity contribution < 1.29 is 14.3 Å². The first kappa shape index (κ1) is 18.2. The predicted octanol–water partition coefficient (Wildman–Crippen LogP) is 3.34. The van der Waals surface area contributed by atoms with Gasteiger partial charge in [0.15, 0.2) is 0 Å². The topological polar surface area (TPSA) is 76.5 Å². The highest BCUT2D eigenvalue weighted by atomic mass is 32.1. The molecule has 0 unspecified atom stereocenters. The van der Waals surface area contributed by atoms with Crippen molar-refractivity contribution in [1.29, 1.82) is 0 Å². The van der Waals surface area contributed by atoms with E-state index < -0.39 is 0 Å². The zero-order valence-electron chi connectivity index (χ0n) is 15.6. The molecule has 0 bridgehead atoms. The van der Waals surface area contributed by atoms with Gasteiger partial charge in [0.25, 0.3) is 11.8 Å². The van der Waals surface area contributed by atoms with E-state index in [-0.39, 0.29) is 17.7 Å². The van der Waals surface area contributed by atoms with Gasteiger partial charge in [-0.3, -0.25) is 14.3 Å². The van der Waals surface area contributed by atoms with Gasteiger partial charge in [0.1, 0.15) is 5.56 Å². The molecule has 8 heteroatoms. The second kappa shape index (κ2) is 7.47. The number of rotatable bonds is 4. The molecule has 28 heavy (non-hydrogen) atoms. The van der Waals surface area contributed by atoms with Gasteiger partial charge in [0.2, 0.25) is 5.88 Å². The third-order valence-corrected chi connectivity index (χ3v) is 5.52. The largest absolute Gasteiger partial charge is 0.479 e. The van der Waals surface area contributed by atoms with E-state index in [4.69, 9.17) is 4.74 Å². The molecule has 7 nitrogen and oxygen atoms in total. The number of methoxy groups -OCH3 is 1. The molecule has 144 valence electrons. The van der Waals surface area contributed by atoms with E-state index in [1.54, 1.807) is 13.2 Å². The maximum atomic E-state index is 12.8. The van der Waals surface area contributed by atoms with Crippen molar-refractivity contribution in [2.75, 3.05) is 23.9 Å². The fourth-order valence-electron chi connectivity index (χ4n) is 3.39. The standard InChI is InChI=1S/C20H20N4O3S/c1-23-12-15(19(22-23)27-2)18(25)21-14-7-8-16-13(11-14)5-3-9-24(16)20(26)17-6-4-10-28-17/h4,6-8,10-12H,3,5,9H2,1-2H3,(H,21,25). The van der Waals surface area contributed by atoms with Crippen molar-refractivity contribution in [3.05, 3.63) is 57.9 Å². The number of aryl methyl sites for hydroxylation is 2. The van der Waals surface area contributed by atoms with Crippen molar-refractivity contribution in [3.8, 4) is 5.88 Å². The summed E-state index contributed by atoms with van der Waals surface area (Å²) in [5, 5.41) is 8.91. The van der Waals surface area contributed by atoms with Gasteiger partial charge in [-0.2, -0.15) is 0 Å². The molecular formula is C20H20N4O3S. The van der Waals surface area contributed by atoms with Crippen LogP contribution in [0.4, 0.5) is 11.4 Å². The number of thiophene rings is 1. The van der Waals surface area contributed by atoms with Crippen LogP contribution in [0, 0.1) is 0 Å². The van der Waals surface area contributed by atoms with E-state index in [1.807, 2.05) is 40.6 Å². The first-order valence-corrected chi connectivity index (χ1v) is 9.82. The quantitative estimate of drug-likeness (QED) is 0.734. The molecule has 2 amide bonds. The van der Waals surface area contributed by atoms with Crippen LogP contribution in [0.3, 0.4) is 0 Å². The summed E-state index contributed by atoms with van der Waals surface area (Å²) >= 11 is 1.45. The molecule has 0 aliphatic carbocycles. The van der Waals surface area contributed by atoms with Crippen LogP contribution in [0.5, 0.6) is 5.88 Å². The van der Waals surface area contributed by atoms with E-state index in [0.717, 1.165) is 29.0 Å². The normalized spacial score (nSPS) is 13.1. The Kier molecular flexibility index (Phi) is 4.87. The number of aromatic nitrogens is 2. The van der Waals surface area contributed by atoms with Gasteiger partial charge in [0, 0.05) is 31.2 Å². The van der Waals surface area contributed by atoms with E-state index in [2.05, 4.69) is 10.4 Å². The Morgan fingerprint density at radius 3 is 2.89 bits per heavy atom. The molecule has 0 radical (unpaired) electrons. The molecule has 0 fully saturated rings. The lowest BCUT2D eigenvalue weighted by atomic mass is 10.0. The van der Waals surface area contributed by atoms with Crippen LogP contribution in [0.25, 0.3) is 0 Å². The number of hydrogen-bond acceptors (Lipinski definition) is 5. The van der Waals surface area contributed by atoms with Crippen molar-refractivity contribution in [2.45, 2.75) is 12.8 Å². The van der Waals surface area contributed by atoms with E-state index in [1.165, 1.54) is 23.1 Å². The second-order valence-electron chi connectivity index (χ2n) is 6.56. The number of carbonyl (C=O) groups excluding carboxylic acids is 2. The van der Waals surface area contributed by atoms with Gasteiger partial charge < -0.3 is 15.0 Å². The number of hydrogen-bond donors (Lipinski definition) is 1. The molecule has 0 saturated carbocycles. The van der Waals surface area contributed by atoms with Crippen LogP contribution in [-0.2, 0) is 13.5 Å². The van der Waals surface area contributed by atoms with Crippen LogP contribution in [0.1, 0.15) is 32.0 Å². The minimum atomic E-state index is -0.285. The second-order valence-corrected chi connectivity index (χ2v) is 7.51. The highest BCUT2D eigenvalue weighted by Crippen LogP contribution is 2.31. The van der Waals surface area contributed by atoms with Crippen LogP contribution < -0.4 is 15.0 Å². The lowest BCUT2D eigenvalue weighted by molar-refractivity contribution is 0.0986. The van der Waals surface area contributed by atoms with Crippen LogP contribution in [-0.4, -0.2) is 35.2 Å². The van der Waals surface area contributed by atoms with Crippen LogP contribution in [0.2, 0.25) is 0 Å². The third-order valence-electron chi connectivity index (χ3n) is 4.67. The molecule has 1 N–H and O–H groups in total. The summed E-state index contributed by atoms with van der Waals surface area (Å²) in [5.74, 6) is 0.0192. The Labute approximate surface area is 166 Å². The molecular weight excluding hydrogens is 376 g/mol. The van der Waals surface area contributed by atoms with Crippen molar-refractivity contribution in [3.63, 3.8) is 0 Å². The van der Waals surface area contributed by atoms with Gasteiger partial charge in [-0.15, -0.1) is 16.4 Å². The molecule has 3 aromatic rings. The summed E-state index contributed by atoms with van der Waals surface area (Å²) in [4.78, 5) is 27.9. The predicted molar refractivity (Wildman–Crippen MR) is 108 cm³/mol. The first-order chi connectivity index (χ1) is 13.6. The molecule has 0 saturated heterocycles. The number of amides is 2. The highest BCUT2D eigenvalue weighted by molar-refractivity contribution is 7.12. The Hall–Kier alpha value is -3.13. The minimum absolute atomic E-state index is 0.0211. The zero-order valence-corrected chi connectivity index (χ0v) is 16.5. The number of ether oxygens (including phenoxy) is 1. The first-order valence-electron chi connectivity index (χ1n) is 8.94. The molecule has 0 atom stereocenters. The zero-order chi connectivity index (χ0) is 19.7. The smallest absolute Gasteiger partial charge is 0.268 e. The monoisotopic (exact) mass is 396 g/mol. The number of nitrogens with zero attached hydrogens (tertiary/aromatic N) is 3. The molecule has 3 heterocycles. The lowest BCUT2D eigenvalue weighted by Gasteiger charge is -2.29. The van der Waals surface area contributed by atoms with E-state index >= 15 is 0 Å². The van der Waals surface area contributed by atoms with Crippen molar-refractivity contribution in [2.24, 2.45) is 7.05 Å². The summed E-state index contributed by atoms with van der Waals surface area (Å²) in [6, 6.07) is 9.38.